The van der Waals surface area contributed by atoms with Crippen molar-refractivity contribution < 1.29 is 14.3 Å². The van der Waals surface area contributed by atoms with Gasteiger partial charge in [0.2, 0.25) is 0 Å². The van der Waals surface area contributed by atoms with E-state index < -0.39 is 0 Å². The van der Waals surface area contributed by atoms with Gasteiger partial charge in [-0.3, -0.25) is 15.0 Å². The number of rotatable bonds is 10. The van der Waals surface area contributed by atoms with Gasteiger partial charge < -0.3 is 20.3 Å². The number of hydrogen-bond donors (Lipinski definition) is 3. The molecular weight excluding hydrogens is 496 g/mol. The summed E-state index contributed by atoms with van der Waals surface area (Å²) in [5.74, 6) is 0.859. The number of nitrogens with zero attached hydrogens (tertiary/aromatic N) is 5. The molecule has 11 nitrogen and oxygen atoms in total. The van der Waals surface area contributed by atoms with Crippen LogP contribution in [0.3, 0.4) is 0 Å². The van der Waals surface area contributed by atoms with Crippen LogP contribution in [-0.4, -0.2) is 86.2 Å². The highest BCUT2D eigenvalue weighted by Gasteiger charge is 2.55. The molecule has 2 atom stereocenters. The van der Waals surface area contributed by atoms with Crippen molar-refractivity contribution in [3.05, 3.63) is 41.2 Å². The summed E-state index contributed by atoms with van der Waals surface area (Å²) in [4.78, 5) is 37.9. The summed E-state index contributed by atoms with van der Waals surface area (Å²) in [5, 5.41) is 19.5. The number of ether oxygens (including phenoxy) is 1. The maximum Gasteiger partial charge on any atom is 0.328 e. The zero-order chi connectivity index (χ0) is 27.6. The van der Waals surface area contributed by atoms with Crippen LogP contribution in [0.15, 0.2) is 24.4 Å². The summed E-state index contributed by atoms with van der Waals surface area (Å²) in [6.45, 7) is 2.59. The molecule has 6 rings (SSSR count). The van der Waals surface area contributed by atoms with Gasteiger partial charge in [-0.2, -0.15) is 5.26 Å². The Morgan fingerprint density at radius 3 is 2.87 bits per heavy atom. The minimum atomic E-state index is -0.357. The van der Waals surface area contributed by atoms with Crippen LogP contribution in [0.5, 0.6) is 0 Å². The van der Waals surface area contributed by atoms with Crippen LogP contribution >= 0.6 is 0 Å². The maximum atomic E-state index is 13.6. The molecule has 2 aliphatic heterocycles. The summed E-state index contributed by atoms with van der Waals surface area (Å²) >= 11 is 0. The molecular formula is C28H36N8O3. The molecule has 4 heterocycles. The molecule has 0 radical (unpaired) electrons. The maximum absolute atomic E-state index is 13.6. The zero-order valence-electron chi connectivity index (χ0n) is 22.7. The lowest BCUT2D eigenvalue weighted by Gasteiger charge is -2.57. The number of nitriles is 1. The van der Waals surface area contributed by atoms with Gasteiger partial charge >= 0.3 is 6.03 Å². The summed E-state index contributed by atoms with van der Waals surface area (Å²) in [5.41, 5.74) is 2.17. The van der Waals surface area contributed by atoms with Crippen molar-refractivity contribution in [1.29, 1.82) is 5.26 Å². The summed E-state index contributed by atoms with van der Waals surface area (Å²) in [6.07, 6.45) is 6.83. The van der Waals surface area contributed by atoms with Gasteiger partial charge in [-0.15, -0.1) is 0 Å². The average molecular weight is 533 g/mol. The van der Waals surface area contributed by atoms with Gasteiger partial charge in [0, 0.05) is 56.0 Å². The molecule has 206 valence electrons. The Balaban J connectivity index is 1.36. The van der Waals surface area contributed by atoms with Gasteiger partial charge in [-0.25, -0.2) is 14.8 Å². The fourth-order valence-electron chi connectivity index (χ4n) is 6.15. The van der Waals surface area contributed by atoms with Crippen molar-refractivity contribution in [2.45, 2.75) is 55.7 Å². The largest absolute Gasteiger partial charge is 0.379 e. The molecule has 2 aliphatic carbocycles. The van der Waals surface area contributed by atoms with Gasteiger partial charge in [0.05, 0.1) is 23.4 Å². The molecule has 39 heavy (non-hydrogen) atoms. The van der Waals surface area contributed by atoms with Crippen molar-refractivity contribution in [3.8, 4) is 6.07 Å². The van der Waals surface area contributed by atoms with Gasteiger partial charge in [-0.05, 0) is 52.3 Å². The third-order valence-corrected chi connectivity index (χ3v) is 8.21. The first-order valence-electron chi connectivity index (χ1n) is 13.5. The highest BCUT2D eigenvalue weighted by atomic mass is 16.5. The average Bonchev–Trinajstić information content (AvgIpc) is 3.37. The topological polar surface area (TPSA) is 136 Å². The van der Waals surface area contributed by atoms with E-state index in [2.05, 4.69) is 36.9 Å². The molecule has 2 unspecified atom stereocenters. The van der Waals surface area contributed by atoms with E-state index in [1.54, 1.807) is 24.1 Å². The third-order valence-electron chi connectivity index (χ3n) is 8.21. The number of amides is 2. The van der Waals surface area contributed by atoms with E-state index in [9.17, 15) is 14.9 Å². The summed E-state index contributed by atoms with van der Waals surface area (Å²) in [6, 6.07) is 7.23. The lowest BCUT2D eigenvalue weighted by molar-refractivity contribution is 0.101. The van der Waals surface area contributed by atoms with E-state index in [4.69, 9.17) is 4.74 Å². The van der Waals surface area contributed by atoms with Crippen LogP contribution in [0.2, 0.25) is 0 Å². The Morgan fingerprint density at radius 1 is 1.33 bits per heavy atom. The standard InChI is InChI=1S/C28H36N8O3/c1-35(2)10-9-30-17-28-12-20(13-28)36(26-21(28)8-7-19(16-37)32-26)27(38)34-25-11-23(18(14-29)15-31-25)33-22-5-4-6-24(22)39-3/h7-8,11,15-16,20,22,24,30H,4-6,9-10,12-13,17H2,1-3H3,(H2,31,33,34,38). The predicted molar refractivity (Wildman–Crippen MR) is 148 cm³/mol. The number of urea groups is 1. The first-order chi connectivity index (χ1) is 18.9. The third kappa shape index (κ3) is 5.32. The number of aldehydes is 1. The van der Waals surface area contributed by atoms with E-state index >= 15 is 0 Å². The number of hydrogen-bond acceptors (Lipinski definition) is 9. The molecule has 4 aliphatic rings. The molecule has 2 fully saturated rings. The Bertz CT molecular complexity index is 1270. The second kappa shape index (κ2) is 11.3. The Hall–Kier alpha value is -3.59. The van der Waals surface area contributed by atoms with Crippen LogP contribution in [0.1, 0.15) is 53.7 Å². The fraction of sp³-hybridized carbons (Fsp3) is 0.536. The van der Waals surface area contributed by atoms with Crippen molar-refractivity contribution in [3.63, 3.8) is 0 Å². The number of likely N-dealkylation sites (N-methyl/N-ethyl adjacent to an activating group) is 1. The van der Waals surface area contributed by atoms with E-state index in [1.807, 2.05) is 20.2 Å². The normalized spacial score (nSPS) is 25.0. The minimum absolute atomic E-state index is 0.0283. The monoisotopic (exact) mass is 532 g/mol. The number of pyridine rings is 2. The Labute approximate surface area is 228 Å². The first-order valence-corrected chi connectivity index (χ1v) is 13.5. The minimum Gasteiger partial charge on any atom is -0.379 e. The number of nitrogens with one attached hydrogen (secondary N) is 3. The van der Waals surface area contributed by atoms with E-state index in [1.165, 1.54) is 6.20 Å². The smallest absolute Gasteiger partial charge is 0.328 e. The molecule has 11 heteroatoms. The lowest BCUT2D eigenvalue weighted by atomic mass is 9.58. The van der Waals surface area contributed by atoms with Gasteiger partial charge in [0.15, 0.2) is 6.29 Å². The van der Waals surface area contributed by atoms with E-state index in [0.29, 0.717) is 29.2 Å². The van der Waals surface area contributed by atoms with Crippen molar-refractivity contribution in [2.75, 3.05) is 56.4 Å². The molecule has 2 saturated carbocycles. The van der Waals surface area contributed by atoms with Gasteiger partial charge in [0.1, 0.15) is 23.4 Å². The number of methoxy groups -OCH3 is 1. The van der Waals surface area contributed by atoms with Crippen molar-refractivity contribution in [2.24, 2.45) is 0 Å². The van der Waals surface area contributed by atoms with Gasteiger partial charge in [0.25, 0.3) is 0 Å². The van der Waals surface area contributed by atoms with Crippen molar-refractivity contribution in [1.82, 2.24) is 20.2 Å². The van der Waals surface area contributed by atoms with E-state index in [0.717, 1.165) is 57.3 Å². The molecule has 2 aromatic rings. The zero-order valence-corrected chi connectivity index (χ0v) is 22.7. The first kappa shape index (κ1) is 27.0. The van der Waals surface area contributed by atoms with Crippen LogP contribution in [0, 0.1) is 11.3 Å². The molecule has 2 amide bonds. The fourth-order valence-corrected chi connectivity index (χ4v) is 6.15. The quantitative estimate of drug-likeness (QED) is 0.312. The van der Waals surface area contributed by atoms with Crippen molar-refractivity contribution >= 4 is 29.6 Å². The Kier molecular flexibility index (Phi) is 7.79. The molecule has 0 spiro atoms. The molecule has 2 bridgehead atoms. The summed E-state index contributed by atoms with van der Waals surface area (Å²) in [7, 11) is 5.79. The number of anilines is 3. The number of carbonyl (C=O) groups excluding carboxylic acids is 2. The van der Waals surface area contributed by atoms with E-state index in [-0.39, 0.29) is 35.3 Å². The van der Waals surface area contributed by atoms with Crippen LogP contribution in [-0.2, 0) is 10.2 Å². The molecule has 0 saturated heterocycles. The molecule has 3 N–H and O–H groups in total. The lowest BCUT2D eigenvalue weighted by Crippen LogP contribution is -2.64. The number of carbonyl (C=O) groups is 2. The van der Waals surface area contributed by atoms with Crippen LogP contribution < -0.4 is 20.9 Å². The second-order valence-electron chi connectivity index (χ2n) is 11.0. The van der Waals surface area contributed by atoms with Crippen LogP contribution in [0.25, 0.3) is 0 Å². The second-order valence-corrected chi connectivity index (χ2v) is 11.0. The molecule has 0 aromatic carbocycles. The van der Waals surface area contributed by atoms with Gasteiger partial charge in [-0.1, -0.05) is 6.07 Å². The highest BCUT2D eigenvalue weighted by molar-refractivity contribution is 6.03. The molecule has 2 aromatic heterocycles. The Morgan fingerprint density at radius 2 is 2.15 bits per heavy atom. The SMILES string of the molecule is COC1CCCC1Nc1cc(NC(=O)N2c3nc(C=O)ccc3C3(CNCCN(C)C)CC2C3)ncc1C#N. The number of aromatic nitrogens is 2. The highest BCUT2D eigenvalue weighted by Crippen LogP contribution is 2.54. The summed E-state index contributed by atoms with van der Waals surface area (Å²) < 4.78 is 5.59. The van der Waals surface area contributed by atoms with Crippen LogP contribution in [0.4, 0.5) is 22.1 Å². The predicted octanol–water partition coefficient (Wildman–Crippen LogP) is 2.74.